The number of aliphatic hydroxyl groups excluding tert-OH is 1. The van der Waals surface area contributed by atoms with Crippen LogP contribution in [0.5, 0.6) is 0 Å². The minimum Gasteiger partial charge on any atom is -0.392 e. The molecule has 0 saturated heterocycles. The maximum atomic E-state index is 13.0. The van der Waals surface area contributed by atoms with Crippen molar-refractivity contribution in [3.05, 3.63) is 41.5 Å². The molecule has 0 saturated carbocycles. The van der Waals surface area contributed by atoms with Gasteiger partial charge in [0.05, 0.1) is 17.7 Å². The smallest absolute Gasteiger partial charge is 0.257 e. The molecule has 0 fully saturated rings. The highest BCUT2D eigenvalue weighted by Gasteiger charge is 2.30. The fraction of sp³-hybridized carbons (Fsp3) is 0.368. The molecule has 8 nitrogen and oxygen atoms in total. The summed E-state index contributed by atoms with van der Waals surface area (Å²) in [6.07, 6.45) is 5.07. The van der Waals surface area contributed by atoms with E-state index in [-0.39, 0.29) is 18.6 Å². The van der Waals surface area contributed by atoms with E-state index < -0.39 is 19.1 Å². The van der Waals surface area contributed by atoms with Crippen molar-refractivity contribution in [3.63, 3.8) is 0 Å². The lowest BCUT2D eigenvalue weighted by atomic mass is 9.97. The summed E-state index contributed by atoms with van der Waals surface area (Å²) in [4.78, 5) is 13.0. The second-order valence-electron chi connectivity index (χ2n) is 7.07. The topological polar surface area (TPSA) is 100 Å². The Bertz CT molecular complexity index is 1020. The van der Waals surface area contributed by atoms with Crippen LogP contribution in [0, 0.1) is 5.92 Å². The number of dihydropyridines is 1. The lowest BCUT2D eigenvalue weighted by Crippen LogP contribution is -2.26. The minimum absolute atomic E-state index is 0.145. The molecule has 2 aromatic heterocycles. The van der Waals surface area contributed by atoms with Crippen molar-refractivity contribution in [1.82, 2.24) is 25.1 Å². The highest BCUT2D eigenvalue weighted by molar-refractivity contribution is 6.30. The van der Waals surface area contributed by atoms with Crippen molar-refractivity contribution in [3.8, 4) is 11.3 Å². The zero-order valence-corrected chi connectivity index (χ0v) is 16.8. The zero-order chi connectivity index (χ0) is 21.3. The van der Waals surface area contributed by atoms with Gasteiger partial charge in [0.25, 0.3) is 6.43 Å². The van der Waals surface area contributed by atoms with Gasteiger partial charge in [0.15, 0.2) is 0 Å². The largest absolute Gasteiger partial charge is 0.392 e. The van der Waals surface area contributed by atoms with Crippen LogP contribution in [0.25, 0.3) is 16.8 Å². The first-order chi connectivity index (χ1) is 14.4. The molecule has 0 spiro atoms. The third-order valence-electron chi connectivity index (χ3n) is 4.63. The Morgan fingerprint density at radius 2 is 2.23 bits per heavy atom. The summed E-state index contributed by atoms with van der Waals surface area (Å²) in [5, 5.41) is 20.5. The van der Waals surface area contributed by atoms with E-state index in [1.54, 1.807) is 31.6 Å². The zero-order valence-electron chi connectivity index (χ0n) is 16.0. The van der Waals surface area contributed by atoms with E-state index in [1.165, 1.54) is 10.9 Å². The van der Waals surface area contributed by atoms with E-state index in [1.807, 2.05) is 6.08 Å². The highest BCUT2D eigenvalue weighted by Crippen LogP contribution is 2.34. The van der Waals surface area contributed by atoms with Gasteiger partial charge in [0, 0.05) is 47.5 Å². The van der Waals surface area contributed by atoms with Gasteiger partial charge in [-0.05, 0) is 13.0 Å². The van der Waals surface area contributed by atoms with Crippen molar-refractivity contribution in [2.75, 3.05) is 11.9 Å². The first kappa shape index (κ1) is 20.4. The van der Waals surface area contributed by atoms with Gasteiger partial charge in [-0.3, -0.25) is 9.67 Å². The number of aliphatic imine (C=N–C) groups is 1. The van der Waals surface area contributed by atoms with Gasteiger partial charge < -0.3 is 15.7 Å². The van der Waals surface area contributed by atoms with Crippen LogP contribution in [0.1, 0.15) is 12.6 Å². The molecule has 3 atom stereocenters. The SMILES string of the molecule is C[C@H](O)CNc1nccc(-c2cn(CC(F)F)nc2C2=CC3C(Cl)=CNC3N=C2)n1. The molecule has 4 heterocycles. The number of nitrogens with one attached hydrogen (secondary N) is 2. The van der Waals surface area contributed by atoms with E-state index in [9.17, 15) is 13.9 Å². The molecule has 2 aromatic rings. The number of nitrogens with zero attached hydrogens (tertiary/aromatic N) is 5. The number of aliphatic hydroxyl groups is 1. The van der Waals surface area contributed by atoms with E-state index in [2.05, 4.69) is 30.7 Å². The average molecular weight is 436 g/mol. The number of allylic oxidation sites excluding steroid dienone is 1. The number of fused-ring (bicyclic) bond motifs is 1. The molecular weight excluding hydrogens is 416 g/mol. The van der Waals surface area contributed by atoms with Crippen LogP contribution in [-0.4, -0.2) is 56.3 Å². The monoisotopic (exact) mass is 435 g/mol. The first-order valence-corrected chi connectivity index (χ1v) is 9.76. The quantitative estimate of drug-likeness (QED) is 0.618. The normalized spacial score (nSPS) is 21.1. The van der Waals surface area contributed by atoms with Crippen molar-refractivity contribution in [2.24, 2.45) is 10.9 Å². The van der Waals surface area contributed by atoms with Crippen LogP contribution >= 0.6 is 11.6 Å². The van der Waals surface area contributed by atoms with Crippen molar-refractivity contribution in [2.45, 2.75) is 32.2 Å². The summed E-state index contributed by atoms with van der Waals surface area (Å²) in [6, 6.07) is 1.67. The van der Waals surface area contributed by atoms with Gasteiger partial charge in [-0.1, -0.05) is 17.7 Å². The van der Waals surface area contributed by atoms with Crippen LogP contribution in [0.2, 0.25) is 0 Å². The van der Waals surface area contributed by atoms with E-state index >= 15 is 0 Å². The summed E-state index contributed by atoms with van der Waals surface area (Å²) in [6.45, 7) is 1.38. The number of aromatic nitrogens is 4. The Morgan fingerprint density at radius 3 is 3.00 bits per heavy atom. The van der Waals surface area contributed by atoms with Gasteiger partial charge in [0.1, 0.15) is 18.4 Å². The molecule has 158 valence electrons. The number of alkyl halides is 2. The predicted octanol–water partition coefficient (Wildman–Crippen LogP) is 2.49. The Hall–Kier alpha value is -2.85. The van der Waals surface area contributed by atoms with Gasteiger partial charge in [-0.2, -0.15) is 5.10 Å². The first-order valence-electron chi connectivity index (χ1n) is 9.38. The van der Waals surface area contributed by atoms with Crippen molar-refractivity contribution >= 4 is 29.3 Å². The summed E-state index contributed by atoms with van der Waals surface area (Å²) >= 11 is 6.26. The van der Waals surface area contributed by atoms with Crippen LogP contribution in [0.4, 0.5) is 14.7 Å². The maximum Gasteiger partial charge on any atom is 0.257 e. The Kier molecular flexibility index (Phi) is 5.78. The molecule has 11 heteroatoms. The fourth-order valence-electron chi connectivity index (χ4n) is 3.25. The molecule has 4 rings (SSSR count). The van der Waals surface area contributed by atoms with Crippen molar-refractivity contribution < 1.29 is 13.9 Å². The van der Waals surface area contributed by atoms with Crippen LogP contribution in [0.3, 0.4) is 0 Å². The molecule has 0 amide bonds. The van der Waals surface area contributed by atoms with Crippen LogP contribution in [-0.2, 0) is 6.54 Å². The summed E-state index contributed by atoms with van der Waals surface area (Å²) in [5.74, 6) is 0.173. The van der Waals surface area contributed by atoms with Crippen molar-refractivity contribution in [1.29, 1.82) is 0 Å². The molecule has 0 radical (unpaired) electrons. The summed E-state index contributed by atoms with van der Waals surface area (Å²) in [5.41, 5.74) is 2.23. The molecule has 0 aliphatic carbocycles. The second-order valence-corrected chi connectivity index (χ2v) is 7.50. The third kappa shape index (κ3) is 4.34. The lowest BCUT2D eigenvalue weighted by Gasteiger charge is -2.19. The standard InChI is InChI=1S/C19H20ClF2N7O/c1-10(30)5-26-19-23-3-2-15(27-19)13-8-29(9-16(21)22)28-17(13)11-4-12-14(20)7-25-18(12)24-6-11/h2-4,6-8,10,12,16,18,25,30H,5,9H2,1H3,(H,23,26,27)/t10-,12?,18?/m0/s1. The summed E-state index contributed by atoms with van der Waals surface area (Å²) < 4.78 is 27.2. The number of rotatable bonds is 7. The maximum absolute atomic E-state index is 13.0. The Morgan fingerprint density at radius 1 is 1.40 bits per heavy atom. The van der Waals surface area contributed by atoms with Gasteiger partial charge in [0.2, 0.25) is 5.95 Å². The second kappa shape index (κ2) is 8.49. The summed E-state index contributed by atoms with van der Waals surface area (Å²) in [7, 11) is 0. The Labute approximate surface area is 176 Å². The molecule has 2 aliphatic rings. The van der Waals surface area contributed by atoms with Gasteiger partial charge in [-0.15, -0.1) is 0 Å². The molecule has 2 unspecified atom stereocenters. The highest BCUT2D eigenvalue weighted by atomic mass is 35.5. The average Bonchev–Trinajstić information content (AvgIpc) is 3.30. The predicted molar refractivity (Wildman–Crippen MR) is 110 cm³/mol. The molecule has 2 aliphatic heterocycles. The number of halogens is 3. The molecule has 0 bridgehead atoms. The number of hydrogen-bond donors (Lipinski definition) is 3. The van der Waals surface area contributed by atoms with Gasteiger partial charge >= 0.3 is 0 Å². The number of anilines is 1. The van der Waals surface area contributed by atoms with Crippen LogP contribution < -0.4 is 10.6 Å². The molecule has 30 heavy (non-hydrogen) atoms. The number of hydrogen-bond acceptors (Lipinski definition) is 7. The molecule has 3 N–H and O–H groups in total. The Balaban J connectivity index is 1.72. The minimum atomic E-state index is -2.55. The van der Waals surface area contributed by atoms with E-state index in [0.29, 0.717) is 33.5 Å². The van der Waals surface area contributed by atoms with Gasteiger partial charge in [-0.25, -0.2) is 18.7 Å². The van der Waals surface area contributed by atoms with E-state index in [4.69, 9.17) is 11.6 Å². The fourth-order valence-corrected chi connectivity index (χ4v) is 3.49. The van der Waals surface area contributed by atoms with E-state index in [0.717, 1.165) is 0 Å². The third-order valence-corrected chi connectivity index (χ3v) is 4.99. The lowest BCUT2D eigenvalue weighted by molar-refractivity contribution is 0.122. The molecular formula is C19H20ClF2N7O. The van der Waals surface area contributed by atoms with Crippen LogP contribution in [0.15, 0.2) is 40.8 Å². The molecule has 0 aromatic carbocycles.